The van der Waals surface area contributed by atoms with Crippen LogP contribution in [0.3, 0.4) is 0 Å². The van der Waals surface area contributed by atoms with Crippen LogP contribution in [0.1, 0.15) is 59.5 Å². The molecule has 0 aromatic heterocycles. The Labute approximate surface area is 171 Å². The van der Waals surface area contributed by atoms with Crippen molar-refractivity contribution in [3.63, 3.8) is 0 Å². The van der Waals surface area contributed by atoms with Crippen LogP contribution in [-0.4, -0.2) is 25.6 Å². The number of nitrogens with one attached hydrogen (secondary N) is 1. The standard InChI is InChI=1S/C22H26ClNO4/c1-7-27-21(26)17-18(24-6)16(22(3,4)5)11-13(2)19(17)28-20(25)14-9-8-10-15(23)12-14/h8-12,24H,7H2,1-6H3. The highest BCUT2D eigenvalue weighted by atomic mass is 35.5. The lowest BCUT2D eigenvalue weighted by Gasteiger charge is -2.27. The Kier molecular flexibility index (Phi) is 6.73. The zero-order valence-electron chi connectivity index (χ0n) is 17.1. The summed E-state index contributed by atoms with van der Waals surface area (Å²) >= 11 is 5.97. The second-order valence-corrected chi connectivity index (χ2v) is 7.88. The Hall–Kier alpha value is -2.53. The van der Waals surface area contributed by atoms with Gasteiger partial charge in [0.15, 0.2) is 5.75 Å². The predicted octanol–water partition coefficient (Wildman–Crippen LogP) is 5.38. The minimum atomic E-state index is -0.596. The van der Waals surface area contributed by atoms with Crippen LogP contribution in [-0.2, 0) is 10.2 Å². The van der Waals surface area contributed by atoms with E-state index in [1.807, 2.05) is 6.07 Å². The number of hydrogen-bond donors (Lipinski definition) is 1. The number of anilines is 1. The van der Waals surface area contributed by atoms with Gasteiger partial charge in [-0.25, -0.2) is 9.59 Å². The second-order valence-electron chi connectivity index (χ2n) is 7.44. The van der Waals surface area contributed by atoms with Gasteiger partial charge in [-0.2, -0.15) is 0 Å². The summed E-state index contributed by atoms with van der Waals surface area (Å²) in [6.07, 6.45) is 0. The molecule has 150 valence electrons. The van der Waals surface area contributed by atoms with Crippen LogP contribution in [0.25, 0.3) is 0 Å². The molecule has 0 spiro atoms. The lowest BCUT2D eigenvalue weighted by atomic mass is 9.83. The number of esters is 2. The summed E-state index contributed by atoms with van der Waals surface area (Å²) in [5.41, 5.74) is 2.46. The normalized spacial score (nSPS) is 11.1. The molecule has 28 heavy (non-hydrogen) atoms. The molecule has 0 amide bonds. The monoisotopic (exact) mass is 403 g/mol. The van der Waals surface area contributed by atoms with Crippen molar-refractivity contribution < 1.29 is 19.1 Å². The van der Waals surface area contributed by atoms with Gasteiger partial charge < -0.3 is 14.8 Å². The van der Waals surface area contributed by atoms with Crippen molar-refractivity contribution in [2.75, 3.05) is 19.0 Å². The Morgan fingerprint density at radius 3 is 2.36 bits per heavy atom. The lowest BCUT2D eigenvalue weighted by molar-refractivity contribution is 0.0521. The fraction of sp³-hybridized carbons (Fsp3) is 0.364. The zero-order valence-corrected chi connectivity index (χ0v) is 17.9. The van der Waals surface area contributed by atoms with E-state index in [0.29, 0.717) is 21.8 Å². The van der Waals surface area contributed by atoms with Crippen LogP contribution >= 0.6 is 11.6 Å². The summed E-state index contributed by atoms with van der Waals surface area (Å²) in [5.74, 6) is -0.961. The number of carbonyl (C=O) groups is 2. The summed E-state index contributed by atoms with van der Waals surface area (Å²) in [6.45, 7) is 9.90. The zero-order chi connectivity index (χ0) is 21.1. The third-order valence-corrected chi connectivity index (χ3v) is 4.49. The van der Waals surface area contributed by atoms with E-state index in [4.69, 9.17) is 21.1 Å². The molecule has 0 aliphatic carbocycles. The molecule has 0 unspecified atom stereocenters. The molecule has 0 heterocycles. The molecule has 0 fully saturated rings. The first-order valence-electron chi connectivity index (χ1n) is 9.10. The van der Waals surface area contributed by atoms with Crippen molar-refractivity contribution in [1.82, 2.24) is 0 Å². The highest BCUT2D eigenvalue weighted by Gasteiger charge is 2.29. The second kappa shape index (κ2) is 8.65. The molecular weight excluding hydrogens is 378 g/mol. The predicted molar refractivity (Wildman–Crippen MR) is 112 cm³/mol. The summed E-state index contributed by atoms with van der Waals surface area (Å²) in [6, 6.07) is 8.39. The number of carbonyl (C=O) groups excluding carboxylic acids is 2. The molecule has 0 aliphatic heterocycles. The highest BCUT2D eigenvalue weighted by Crippen LogP contribution is 2.40. The summed E-state index contributed by atoms with van der Waals surface area (Å²) in [7, 11) is 1.73. The lowest BCUT2D eigenvalue weighted by Crippen LogP contribution is -2.21. The van der Waals surface area contributed by atoms with Gasteiger partial charge in [0.25, 0.3) is 0 Å². The van der Waals surface area contributed by atoms with E-state index < -0.39 is 11.9 Å². The van der Waals surface area contributed by atoms with Gasteiger partial charge in [-0.1, -0.05) is 38.4 Å². The molecule has 2 aromatic carbocycles. The SMILES string of the molecule is CCOC(=O)c1c(NC)c(C(C)(C)C)cc(C)c1OC(=O)c1cccc(Cl)c1. The fourth-order valence-corrected chi connectivity index (χ4v) is 3.14. The number of hydrogen-bond acceptors (Lipinski definition) is 5. The van der Waals surface area contributed by atoms with Crippen molar-refractivity contribution in [2.45, 2.75) is 40.0 Å². The minimum absolute atomic E-state index is 0.181. The van der Waals surface area contributed by atoms with Gasteiger partial charge in [-0.3, -0.25) is 0 Å². The quantitative estimate of drug-likeness (QED) is 0.536. The third kappa shape index (κ3) is 4.65. The van der Waals surface area contributed by atoms with E-state index in [1.54, 1.807) is 39.1 Å². The number of rotatable bonds is 5. The van der Waals surface area contributed by atoms with Gasteiger partial charge >= 0.3 is 11.9 Å². The molecular formula is C22H26ClNO4. The average molecular weight is 404 g/mol. The largest absolute Gasteiger partial charge is 0.462 e. The van der Waals surface area contributed by atoms with Gasteiger partial charge in [0.05, 0.1) is 17.9 Å². The van der Waals surface area contributed by atoms with E-state index in [-0.39, 0.29) is 23.3 Å². The van der Waals surface area contributed by atoms with Gasteiger partial charge in [0, 0.05) is 12.1 Å². The Balaban J connectivity index is 2.65. The van der Waals surface area contributed by atoms with Gasteiger partial charge in [-0.15, -0.1) is 0 Å². The van der Waals surface area contributed by atoms with Gasteiger partial charge in [-0.05, 0) is 54.7 Å². The van der Waals surface area contributed by atoms with E-state index in [1.165, 1.54) is 6.07 Å². The fourth-order valence-electron chi connectivity index (χ4n) is 2.95. The molecule has 0 radical (unpaired) electrons. The van der Waals surface area contributed by atoms with Crippen LogP contribution in [0.5, 0.6) is 5.75 Å². The van der Waals surface area contributed by atoms with E-state index >= 15 is 0 Å². The number of ether oxygens (including phenoxy) is 2. The molecule has 0 saturated carbocycles. The van der Waals surface area contributed by atoms with Crippen molar-refractivity contribution >= 4 is 29.2 Å². The first-order chi connectivity index (χ1) is 13.1. The van der Waals surface area contributed by atoms with Crippen LogP contribution < -0.4 is 10.1 Å². The molecule has 5 nitrogen and oxygen atoms in total. The maximum Gasteiger partial charge on any atom is 0.344 e. The Morgan fingerprint density at radius 2 is 1.82 bits per heavy atom. The maximum atomic E-state index is 12.8. The van der Waals surface area contributed by atoms with Crippen LogP contribution in [0.15, 0.2) is 30.3 Å². The molecule has 0 saturated heterocycles. The Morgan fingerprint density at radius 1 is 1.14 bits per heavy atom. The molecule has 0 atom stereocenters. The third-order valence-electron chi connectivity index (χ3n) is 4.26. The molecule has 2 rings (SSSR count). The first kappa shape index (κ1) is 21.8. The smallest absolute Gasteiger partial charge is 0.344 e. The van der Waals surface area contributed by atoms with E-state index in [0.717, 1.165) is 5.56 Å². The molecule has 6 heteroatoms. The topological polar surface area (TPSA) is 64.6 Å². The van der Waals surface area contributed by atoms with Gasteiger partial charge in [0.1, 0.15) is 5.56 Å². The van der Waals surface area contributed by atoms with Crippen molar-refractivity contribution in [3.8, 4) is 5.75 Å². The average Bonchev–Trinajstić information content (AvgIpc) is 2.61. The highest BCUT2D eigenvalue weighted by molar-refractivity contribution is 6.30. The van der Waals surface area contributed by atoms with E-state index in [2.05, 4.69) is 26.1 Å². The molecule has 1 N–H and O–H groups in total. The van der Waals surface area contributed by atoms with Crippen molar-refractivity contribution in [2.24, 2.45) is 0 Å². The molecule has 0 aliphatic rings. The minimum Gasteiger partial charge on any atom is -0.462 e. The first-order valence-corrected chi connectivity index (χ1v) is 9.48. The number of halogens is 1. The van der Waals surface area contributed by atoms with Crippen LogP contribution in [0.4, 0.5) is 5.69 Å². The Bertz CT molecular complexity index is 900. The van der Waals surface area contributed by atoms with Crippen molar-refractivity contribution in [3.05, 3.63) is 57.6 Å². The summed E-state index contributed by atoms with van der Waals surface area (Å²) < 4.78 is 10.9. The van der Waals surface area contributed by atoms with Gasteiger partial charge in [0.2, 0.25) is 0 Å². The number of aryl methyl sites for hydroxylation is 1. The summed E-state index contributed by atoms with van der Waals surface area (Å²) in [4.78, 5) is 25.5. The summed E-state index contributed by atoms with van der Waals surface area (Å²) in [5, 5.41) is 3.51. The molecule has 0 bridgehead atoms. The van der Waals surface area contributed by atoms with Crippen molar-refractivity contribution in [1.29, 1.82) is 0 Å². The van der Waals surface area contributed by atoms with E-state index in [9.17, 15) is 9.59 Å². The number of benzene rings is 2. The molecule has 2 aromatic rings. The maximum absolute atomic E-state index is 12.8. The van der Waals surface area contributed by atoms with Crippen LogP contribution in [0, 0.1) is 6.92 Å². The van der Waals surface area contributed by atoms with Crippen LogP contribution in [0.2, 0.25) is 5.02 Å².